The van der Waals surface area contributed by atoms with Crippen LogP contribution in [0.2, 0.25) is 0 Å². The van der Waals surface area contributed by atoms with Crippen LogP contribution in [0, 0.1) is 5.92 Å². The molecule has 0 saturated carbocycles. The highest BCUT2D eigenvalue weighted by molar-refractivity contribution is 5.85. The van der Waals surface area contributed by atoms with Crippen molar-refractivity contribution in [2.24, 2.45) is 5.92 Å². The van der Waals surface area contributed by atoms with E-state index in [1.807, 2.05) is 6.07 Å². The van der Waals surface area contributed by atoms with Crippen LogP contribution in [0.1, 0.15) is 36.7 Å². The number of anilines is 1. The number of para-hydroxylation sites is 1. The fourth-order valence-corrected chi connectivity index (χ4v) is 5.64. The van der Waals surface area contributed by atoms with E-state index in [1.165, 1.54) is 17.9 Å². The summed E-state index contributed by atoms with van der Waals surface area (Å²) in [6.07, 6.45) is 0.830. The molecule has 2 aliphatic rings. The summed E-state index contributed by atoms with van der Waals surface area (Å²) in [5, 5.41) is 14.3. The number of H-pyrrole nitrogens is 1. The van der Waals surface area contributed by atoms with Crippen molar-refractivity contribution in [1.82, 2.24) is 14.8 Å². The minimum absolute atomic E-state index is 0.121. The van der Waals surface area contributed by atoms with Crippen LogP contribution in [0.5, 0.6) is 0 Å². The monoisotopic (exact) mass is 482 g/mol. The lowest BCUT2D eigenvalue weighted by atomic mass is 9.87. The molecule has 1 unspecified atom stereocenters. The molecule has 5 rings (SSSR count). The molecule has 0 radical (unpaired) electrons. The summed E-state index contributed by atoms with van der Waals surface area (Å²) in [6, 6.07) is 16.7. The lowest BCUT2D eigenvalue weighted by Crippen LogP contribution is -2.49. The van der Waals surface area contributed by atoms with E-state index < -0.39 is 12.3 Å². The van der Waals surface area contributed by atoms with Crippen LogP contribution in [0.4, 0.5) is 14.5 Å². The van der Waals surface area contributed by atoms with Gasteiger partial charge in [-0.25, -0.2) is 4.39 Å². The number of aliphatic hydroxyl groups excluding tert-OH is 1. The Morgan fingerprint density at radius 1 is 1.14 bits per heavy atom. The SMILES string of the molecule is C[C@@H]1Cc2c([nH]c3ccccc23)[C@@H](c2ccc(NCCN3CC(CF)C3)cc2)N1CC(C)(F)CO. The molecule has 5 nitrogen and oxygen atoms in total. The number of hydrogen-bond donors (Lipinski definition) is 3. The predicted octanol–water partition coefficient (Wildman–Crippen LogP) is 4.54. The Bertz CT molecular complexity index is 1140. The molecule has 7 heteroatoms. The van der Waals surface area contributed by atoms with Crippen LogP contribution in [0.3, 0.4) is 0 Å². The van der Waals surface area contributed by atoms with Gasteiger partial charge in [0, 0.05) is 67.0 Å². The molecule has 3 N–H and O–H groups in total. The summed E-state index contributed by atoms with van der Waals surface area (Å²) in [6.45, 7) is 6.45. The van der Waals surface area contributed by atoms with Gasteiger partial charge in [-0.05, 0) is 49.6 Å². The molecule has 3 atom stereocenters. The van der Waals surface area contributed by atoms with E-state index in [1.54, 1.807) is 0 Å². The Kier molecular flexibility index (Phi) is 6.84. The number of rotatable bonds is 9. The van der Waals surface area contributed by atoms with Gasteiger partial charge in [0.05, 0.1) is 19.3 Å². The van der Waals surface area contributed by atoms with Gasteiger partial charge >= 0.3 is 0 Å². The maximum Gasteiger partial charge on any atom is 0.143 e. The quantitative estimate of drug-likeness (QED) is 0.419. The first-order chi connectivity index (χ1) is 16.9. The number of hydrogen-bond acceptors (Lipinski definition) is 4. The van der Waals surface area contributed by atoms with Gasteiger partial charge in [0.15, 0.2) is 0 Å². The number of likely N-dealkylation sites (tertiary alicyclic amines) is 1. The maximum atomic E-state index is 15.1. The lowest BCUT2D eigenvalue weighted by Gasteiger charge is -2.43. The minimum atomic E-state index is -1.68. The number of alkyl halides is 2. The molecule has 1 saturated heterocycles. The fraction of sp³-hybridized carbons (Fsp3) is 0.500. The molecule has 1 aromatic heterocycles. The van der Waals surface area contributed by atoms with Gasteiger partial charge in [0.25, 0.3) is 0 Å². The zero-order chi connectivity index (χ0) is 24.6. The predicted molar refractivity (Wildman–Crippen MR) is 137 cm³/mol. The van der Waals surface area contributed by atoms with Crippen LogP contribution in [0.15, 0.2) is 48.5 Å². The average Bonchev–Trinajstić information content (AvgIpc) is 3.19. The van der Waals surface area contributed by atoms with Gasteiger partial charge in [-0.2, -0.15) is 0 Å². The number of fused-ring (bicyclic) bond motifs is 3. The van der Waals surface area contributed by atoms with Gasteiger partial charge in [-0.15, -0.1) is 0 Å². The Balaban J connectivity index is 1.39. The van der Waals surface area contributed by atoms with E-state index in [4.69, 9.17) is 0 Å². The molecule has 35 heavy (non-hydrogen) atoms. The first kappa shape index (κ1) is 24.2. The van der Waals surface area contributed by atoms with Crippen molar-refractivity contribution in [2.75, 3.05) is 51.3 Å². The van der Waals surface area contributed by atoms with E-state index in [0.29, 0.717) is 0 Å². The molecular formula is C28H36F2N4O. The van der Waals surface area contributed by atoms with E-state index in [0.717, 1.165) is 55.1 Å². The van der Waals surface area contributed by atoms with Crippen molar-refractivity contribution in [3.05, 3.63) is 65.4 Å². The summed E-state index contributed by atoms with van der Waals surface area (Å²) in [5.41, 5.74) is 3.95. The second-order valence-electron chi connectivity index (χ2n) is 10.6. The number of benzene rings is 2. The highest BCUT2D eigenvalue weighted by atomic mass is 19.1. The normalized spacial score (nSPS) is 23.1. The van der Waals surface area contributed by atoms with Crippen molar-refractivity contribution < 1.29 is 13.9 Å². The topological polar surface area (TPSA) is 54.5 Å². The summed E-state index contributed by atoms with van der Waals surface area (Å²) < 4.78 is 27.7. The van der Waals surface area contributed by atoms with E-state index >= 15 is 4.39 Å². The smallest absolute Gasteiger partial charge is 0.143 e. The molecule has 0 spiro atoms. The summed E-state index contributed by atoms with van der Waals surface area (Å²) in [5.74, 6) is 0.210. The number of aromatic amines is 1. The maximum absolute atomic E-state index is 15.1. The van der Waals surface area contributed by atoms with Crippen molar-refractivity contribution in [1.29, 1.82) is 0 Å². The minimum Gasteiger partial charge on any atom is -0.393 e. The van der Waals surface area contributed by atoms with E-state index in [9.17, 15) is 9.50 Å². The van der Waals surface area contributed by atoms with Crippen molar-refractivity contribution in [2.45, 2.75) is 38.0 Å². The van der Waals surface area contributed by atoms with Crippen LogP contribution < -0.4 is 5.32 Å². The molecule has 0 amide bonds. The van der Waals surface area contributed by atoms with Gasteiger partial charge < -0.3 is 20.3 Å². The third-order valence-corrected chi connectivity index (χ3v) is 7.59. The Labute approximate surface area is 206 Å². The van der Waals surface area contributed by atoms with Crippen LogP contribution >= 0.6 is 0 Å². The van der Waals surface area contributed by atoms with Gasteiger partial charge in [0.2, 0.25) is 0 Å². The third kappa shape index (κ3) is 4.95. The van der Waals surface area contributed by atoms with E-state index in [-0.39, 0.29) is 31.2 Å². The average molecular weight is 483 g/mol. The molecule has 0 aliphatic carbocycles. The highest BCUT2D eigenvalue weighted by Gasteiger charge is 2.39. The van der Waals surface area contributed by atoms with Gasteiger partial charge in [-0.3, -0.25) is 9.29 Å². The molecule has 188 valence electrons. The van der Waals surface area contributed by atoms with Crippen LogP contribution in [-0.4, -0.2) is 77.6 Å². The zero-order valence-corrected chi connectivity index (χ0v) is 20.6. The second-order valence-corrected chi connectivity index (χ2v) is 10.6. The van der Waals surface area contributed by atoms with E-state index in [2.05, 4.69) is 69.5 Å². The molecular weight excluding hydrogens is 446 g/mol. The van der Waals surface area contributed by atoms with Crippen LogP contribution in [-0.2, 0) is 6.42 Å². The van der Waals surface area contributed by atoms with Crippen molar-refractivity contribution >= 4 is 16.6 Å². The highest BCUT2D eigenvalue weighted by Crippen LogP contribution is 2.41. The van der Waals surface area contributed by atoms with Crippen LogP contribution in [0.25, 0.3) is 10.9 Å². The second kappa shape index (κ2) is 9.88. The summed E-state index contributed by atoms with van der Waals surface area (Å²) in [7, 11) is 0. The molecule has 0 bridgehead atoms. The number of aromatic nitrogens is 1. The Morgan fingerprint density at radius 3 is 2.60 bits per heavy atom. The fourth-order valence-electron chi connectivity index (χ4n) is 5.64. The molecule has 1 fully saturated rings. The standard InChI is InChI=1S/C28H36F2N4O/c1-19-13-24-23-5-3-4-6-25(23)32-26(24)27(34(19)17-28(2,30)18-35)21-7-9-22(10-8-21)31-11-12-33-15-20(14-29)16-33/h3-10,19-20,27,31-32,35H,11-18H2,1-2H3/t19-,27-,28?/m1/s1. The first-order valence-corrected chi connectivity index (χ1v) is 12.7. The molecule has 2 aliphatic heterocycles. The number of aliphatic hydroxyl groups is 1. The number of nitrogens with zero attached hydrogens (tertiary/aromatic N) is 2. The van der Waals surface area contributed by atoms with Crippen molar-refractivity contribution in [3.8, 4) is 0 Å². The van der Waals surface area contributed by atoms with Gasteiger partial charge in [-0.1, -0.05) is 30.3 Å². The first-order valence-electron chi connectivity index (χ1n) is 12.7. The Hall–Kier alpha value is -2.48. The van der Waals surface area contributed by atoms with Crippen molar-refractivity contribution in [3.63, 3.8) is 0 Å². The zero-order valence-electron chi connectivity index (χ0n) is 20.6. The summed E-state index contributed by atoms with van der Waals surface area (Å²) >= 11 is 0. The third-order valence-electron chi connectivity index (χ3n) is 7.59. The molecule has 3 aromatic rings. The van der Waals surface area contributed by atoms with Gasteiger partial charge in [0.1, 0.15) is 5.67 Å². The Morgan fingerprint density at radius 2 is 1.89 bits per heavy atom. The number of nitrogens with one attached hydrogen (secondary N) is 2. The lowest BCUT2D eigenvalue weighted by molar-refractivity contribution is 0.0175. The molecule has 2 aromatic carbocycles. The summed E-state index contributed by atoms with van der Waals surface area (Å²) in [4.78, 5) is 8.07. The number of halogens is 2. The largest absolute Gasteiger partial charge is 0.393 e. The molecule has 3 heterocycles.